The van der Waals surface area contributed by atoms with Gasteiger partial charge in [0.25, 0.3) is 0 Å². The summed E-state index contributed by atoms with van der Waals surface area (Å²) in [4.78, 5) is 41.6. The summed E-state index contributed by atoms with van der Waals surface area (Å²) in [6.07, 6.45) is 0. The van der Waals surface area contributed by atoms with Gasteiger partial charge in [0, 0.05) is 149 Å². The molecule has 47 heteroatoms. The molecule has 3 N–H and O–H groups in total. The van der Waals surface area contributed by atoms with Crippen molar-refractivity contribution in [3.05, 3.63) is 0 Å². The molecule has 0 amide bonds. The van der Waals surface area contributed by atoms with Crippen LogP contribution >= 0.6 is 0 Å². The predicted octanol–water partition coefficient (Wildman–Crippen LogP) is -5.58. The highest BCUT2D eigenvalue weighted by molar-refractivity contribution is 7.48. The fourth-order valence-corrected chi connectivity index (χ4v) is 113. The van der Waals surface area contributed by atoms with E-state index in [4.69, 9.17) is 130 Å². The van der Waals surface area contributed by atoms with Crippen molar-refractivity contribution < 1.29 is 144 Å². The van der Waals surface area contributed by atoms with E-state index in [1.54, 1.807) is 0 Å². The molecule has 0 unspecified atom stereocenters. The SMILES string of the molecule is CO[Si](OC)(OC)[Si]1(O)O[Si]2([Si](OC)(OC)OC)O[Si](O)([Si](OC)(OC)OC)O[Si]3([Si](OC)(OC)OC)O[Si](O)([Si](OC)(OC)OC)O[Si]([Si](OC)(OC)OC)(O1)O[Si]([Si](OC)(OC)OC)(O2)O3. The zero-order valence-electron chi connectivity index (χ0n) is 41.6. The van der Waals surface area contributed by atoms with Crippen LogP contribution < -0.4 is 0 Å². The summed E-state index contributed by atoms with van der Waals surface area (Å²) in [6.45, 7) is 0. The molecular formula is C21H66O33Si14. The molecule has 3 aliphatic rings. The van der Waals surface area contributed by atoms with Gasteiger partial charge in [-0.25, -0.2) is 0 Å². The van der Waals surface area contributed by atoms with Crippen LogP contribution in [0.1, 0.15) is 0 Å². The third kappa shape index (κ3) is 9.13. The van der Waals surface area contributed by atoms with Gasteiger partial charge in [-0.15, -0.1) is 0 Å². The first kappa shape index (κ1) is 64.0. The molecule has 0 atom stereocenters. The Kier molecular flexibility index (Phi) is 22.1. The lowest BCUT2D eigenvalue weighted by molar-refractivity contribution is -0.0177. The van der Waals surface area contributed by atoms with Gasteiger partial charge in [0.15, 0.2) is 0 Å². The van der Waals surface area contributed by atoms with Gasteiger partial charge in [0.05, 0.1) is 0 Å². The van der Waals surface area contributed by atoms with E-state index in [1.807, 2.05) is 0 Å². The Hall–Kier alpha value is 1.72. The van der Waals surface area contributed by atoms with Gasteiger partial charge in [0.1, 0.15) is 0 Å². The average Bonchev–Trinajstić information content (AvgIpc) is 3.32. The molecule has 0 aromatic rings. The Balaban J connectivity index is 3.22. The number of hydrogen-bond donors (Lipinski definition) is 3. The van der Waals surface area contributed by atoms with Crippen LogP contribution in [-0.2, 0) is 130 Å². The molecule has 0 aromatic carbocycles. The molecule has 4 bridgehead atoms. The maximum absolute atomic E-state index is 13.9. The summed E-state index contributed by atoms with van der Waals surface area (Å²) in [6, 6.07) is 0. The normalized spacial score (nSPS) is 32.6. The van der Waals surface area contributed by atoms with Crippen molar-refractivity contribution in [2.24, 2.45) is 0 Å². The second-order valence-corrected chi connectivity index (χ2v) is 70.6. The minimum absolute atomic E-state index is 1.06. The molecule has 0 aromatic heterocycles. The highest BCUT2D eigenvalue weighted by atomic mass is 29.4. The quantitative estimate of drug-likeness (QED) is 0.0615. The highest BCUT2D eigenvalue weighted by Gasteiger charge is 3.00. The Morgan fingerprint density at radius 3 is 0.397 bits per heavy atom. The van der Waals surface area contributed by atoms with Crippen molar-refractivity contribution in [3.8, 4) is 0 Å². The summed E-state index contributed by atoms with van der Waals surface area (Å²) >= 11 is 0. The fourth-order valence-electron chi connectivity index (χ4n) is 7.47. The molecule has 404 valence electrons. The molecule has 0 aliphatic carbocycles. The van der Waals surface area contributed by atoms with Crippen LogP contribution in [0.3, 0.4) is 0 Å². The maximum atomic E-state index is 13.9. The van der Waals surface area contributed by atoms with Crippen molar-refractivity contribution in [3.63, 3.8) is 0 Å². The van der Waals surface area contributed by atoms with E-state index in [0.29, 0.717) is 0 Å². The van der Waals surface area contributed by atoms with Crippen molar-refractivity contribution in [2.45, 2.75) is 0 Å². The molecule has 0 radical (unpaired) electrons. The van der Waals surface area contributed by atoms with Gasteiger partial charge in [-0.2, -0.15) is 0 Å². The molecular weight excluding hydrogens is 1170 g/mol. The third-order valence-corrected chi connectivity index (χ3v) is 92.3. The molecule has 68 heavy (non-hydrogen) atoms. The maximum Gasteiger partial charge on any atom is 0.574 e. The Morgan fingerprint density at radius 1 is 0.191 bits per heavy atom. The van der Waals surface area contributed by atoms with Crippen LogP contribution in [0.5, 0.6) is 0 Å². The second kappa shape index (κ2) is 23.5. The van der Waals surface area contributed by atoms with Gasteiger partial charge < -0.3 is 144 Å². The van der Waals surface area contributed by atoms with Gasteiger partial charge in [-0.05, 0) is 0 Å². The van der Waals surface area contributed by atoms with Gasteiger partial charge in [-0.1, -0.05) is 0 Å². The van der Waals surface area contributed by atoms with Crippen LogP contribution in [0.4, 0.5) is 0 Å². The van der Waals surface area contributed by atoms with Crippen LogP contribution in [0.15, 0.2) is 0 Å². The average molecular weight is 1240 g/mol. The Labute approximate surface area is 408 Å². The second-order valence-electron chi connectivity index (χ2n) is 13.1. The lowest BCUT2D eigenvalue weighted by Crippen LogP contribution is -3.00. The molecule has 3 heterocycles. The van der Waals surface area contributed by atoms with E-state index in [0.717, 1.165) is 149 Å². The monoisotopic (exact) mass is 1240 g/mol. The fraction of sp³-hybridized carbons (Fsp3) is 1.00. The molecule has 3 fully saturated rings. The summed E-state index contributed by atoms with van der Waals surface area (Å²) < 4.78 is 190. The standard InChI is InChI=1S/C21H66O33Si14/c1-25-58(26-2,27-3)55(22)46-65(61(34-10,35-11)36-12)48-56(23,59(28-4,29-5)30-6)50-67(63(40-16,41-17)42-18)51-57(24,60(31-7,32-8)33-9)49-66(47-55,62(37-13,38-14)39-15)53-68(52-65,54-67)64(43-19,44-20)45-21/h22-24H,1-21H3. The number of rotatable bonds is 28. The molecule has 3 aliphatic heterocycles. The molecule has 3 saturated heterocycles. The van der Waals surface area contributed by atoms with Crippen molar-refractivity contribution in [2.75, 3.05) is 149 Å². The van der Waals surface area contributed by atoms with E-state index in [-0.39, 0.29) is 0 Å². The Bertz CT molecular complexity index is 1360. The molecule has 0 saturated carbocycles. The molecule has 3 rings (SSSR count). The summed E-state index contributed by atoms with van der Waals surface area (Å²) in [5.41, 5.74) is 0. The largest absolute Gasteiger partial charge is 0.574 e. The van der Waals surface area contributed by atoms with Gasteiger partial charge >= 0.3 is 117 Å². The number of hydrogen-bond acceptors (Lipinski definition) is 33. The first-order valence-corrected chi connectivity index (χ1v) is 50.2. The minimum atomic E-state index is -6.18. The van der Waals surface area contributed by atoms with E-state index in [1.165, 1.54) is 0 Å². The predicted molar refractivity (Wildman–Crippen MR) is 244 cm³/mol. The van der Waals surface area contributed by atoms with E-state index in [2.05, 4.69) is 0 Å². The summed E-state index contributed by atoms with van der Waals surface area (Å²) in [5.74, 6) is 0. The van der Waals surface area contributed by atoms with Crippen LogP contribution in [-0.4, -0.2) is 280 Å². The van der Waals surface area contributed by atoms with E-state index in [9.17, 15) is 14.4 Å². The highest BCUT2D eigenvalue weighted by Crippen LogP contribution is 2.53. The van der Waals surface area contributed by atoms with Crippen LogP contribution in [0.2, 0.25) is 0 Å². The first-order valence-electron chi connectivity index (χ1n) is 19.0. The summed E-state index contributed by atoms with van der Waals surface area (Å²) in [5, 5.41) is 0. The molecule has 33 nitrogen and oxygen atoms in total. The van der Waals surface area contributed by atoms with E-state index < -0.39 is 117 Å². The first-order chi connectivity index (χ1) is 31.9. The zero-order chi connectivity index (χ0) is 52.2. The van der Waals surface area contributed by atoms with Gasteiger partial charge in [0.2, 0.25) is 0 Å². The third-order valence-electron chi connectivity index (χ3n) is 10.7. The van der Waals surface area contributed by atoms with E-state index >= 15 is 0 Å². The lowest BCUT2D eigenvalue weighted by atomic mass is 11.8. The molecule has 0 spiro atoms. The van der Waals surface area contributed by atoms with Crippen LogP contribution in [0, 0.1) is 0 Å². The van der Waals surface area contributed by atoms with Crippen LogP contribution in [0.25, 0.3) is 0 Å². The smallest absolute Gasteiger partial charge is 0.388 e. The van der Waals surface area contributed by atoms with Crippen molar-refractivity contribution >= 4 is 117 Å². The Morgan fingerprint density at radius 2 is 0.294 bits per heavy atom. The zero-order valence-corrected chi connectivity index (χ0v) is 55.6. The van der Waals surface area contributed by atoms with Crippen molar-refractivity contribution in [1.29, 1.82) is 0 Å². The number of fused-ring (bicyclic) bond motifs is 3. The minimum Gasteiger partial charge on any atom is -0.388 e. The van der Waals surface area contributed by atoms with Crippen molar-refractivity contribution in [1.82, 2.24) is 0 Å². The van der Waals surface area contributed by atoms with Gasteiger partial charge in [-0.3, -0.25) is 0 Å². The topological polar surface area (TPSA) is 338 Å². The lowest BCUT2D eigenvalue weighted by Gasteiger charge is -2.60. The summed E-state index contributed by atoms with van der Waals surface area (Å²) in [7, 11) is -57.0.